The predicted molar refractivity (Wildman–Crippen MR) is 69.5 cm³/mol. The van der Waals surface area contributed by atoms with E-state index in [0.717, 1.165) is 32.0 Å². The number of benzene rings is 1. The van der Waals surface area contributed by atoms with Gasteiger partial charge in [-0.25, -0.2) is 8.78 Å². The van der Waals surface area contributed by atoms with Crippen molar-refractivity contribution in [2.75, 3.05) is 13.1 Å². The molecule has 1 atom stereocenters. The van der Waals surface area contributed by atoms with Crippen LogP contribution < -0.4 is 0 Å². The number of halogens is 2. The van der Waals surface area contributed by atoms with Gasteiger partial charge in [0, 0.05) is 6.42 Å². The van der Waals surface area contributed by atoms with E-state index in [1.54, 1.807) is 6.07 Å². The summed E-state index contributed by atoms with van der Waals surface area (Å²) in [6, 6.07) is 6.21. The Hall–Kier alpha value is -1.47. The Kier molecular flexibility index (Phi) is 4.16. The van der Waals surface area contributed by atoms with E-state index in [2.05, 4.69) is 11.0 Å². The first-order chi connectivity index (χ1) is 9.05. The van der Waals surface area contributed by atoms with Gasteiger partial charge in [-0.2, -0.15) is 5.26 Å². The minimum atomic E-state index is -0.851. The van der Waals surface area contributed by atoms with Gasteiger partial charge in [-0.05, 0) is 50.6 Å². The van der Waals surface area contributed by atoms with E-state index in [0.29, 0.717) is 12.0 Å². The van der Waals surface area contributed by atoms with Crippen molar-refractivity contribution < 1.29 is 8.78 Å². The van der Waals surface area contributed by atoms with Crippen LogP contribution >= 0.6 is 0 Å². The van der Waals surface area contributed by atoms with E-state index in [1.165, 1.54) is 12.5 Å². The molecule has 0 spiro atoms. The van der Waals surface area contributed by atoms with Crippen molar-refractivity contribution in [2.24, 2.45) is 0 Å². The Morgan fingerprint density at radius 3 is 2.47 bits per heavy atom. The molecule has 102 valence electrons. The second kappa shape index (κ2) is 5.66. The number of likely N-dealkylation sites (tertiary alicyclic amines) is 1. The molecule has 0 amide bonds. The topological polar surface area (TPSA) is 27.0 Å². The molecule has 1 unspecified atom stereocenters. The maximum Gasteiger partial charge on any atom is 0.159 e. The number of nitrogens with zero attached hydrogens (tertiary/aromatic N) is 2. The summed E-state index contributed by atoms with van der Waals surface area (Å²) < 4.78 is 26.1. The van der Waals surface area contributed by atoms with Crippen LogP contribution in [0.2, 0.25) is 0 Å². The molecule has 1 aliphatic heterocycles. The quantitative estimate of drug-likeness (QED) is 0.837. The van der Waals surface area contributed by atoms with Gasteiger partial charge in [0.25, 0.3) is 0 Å². The zero-order valence-corrected chi connectivity index (χ0v) is 11.1. The zero-order chi connectivity index (χ0) is 13.9. The summed E-state index contributed by atoms with van der Waals surface area (Å²) in [5.41, 5.74) is 0.0125. The van der Waals surface area contributed by atoms with Crippen LogP contribution in [0.15, 0.2) is 18.2 Å². The van der Waals surface area contributed by atoms with Gasteiger partial charge in [-0.1, -0.05) is 12.5 Å². The maximum atomic E-state index is 13.2. The maximum absolute atomic E-state index is 13.2. The molecule has 1 saturated heterocycles. The Labute approximate surface area is 112 Å². The van der Waals surface area contributed by atoms with E-state index in [9.17, 15) is 14.0 Å². The normalized spacial score (nSPS) is 19.7. The summed E-state index contributed by atoms with van der Waals surface area (Å²) in [7, 11) is 0. The molecule has 1 aliphatic rings. The molecule has 4 heteroatoms. The third kappa shape index (κ3) is 3.10. The molecule has 0 radical (unpaired) electrons. The van der Waals surface area contributed by atoms with E-state index in [1.807, 2.05) is 6.92 Å². The lowest BCUT2D eigenvalue weighted by Gasteiger charge is -2.38. The molecular weight excluding hydrogens is 246 g/mol. The highest BCUT2D eigenvalue weighted by Crippen LogP contribution is 2.25. The van der Waals surface area contributed by atoms with Gasteiger partial charge in [-0.3, -0.25) is 4.90 Å². The van der Waals surface area contributed by atoms with Crippen LogP contribution in [0.25, 0.3) is 0 Å². The van der Waals surface area contributed by atoms with Crippen molar-refractivity contribution >= 4 is 0 Å². The Bertz CT molecular complexity index is 489. The minimum absolute atomic E-state index is 0.417. The highest BCUT2D eigenvalue weighted by Gasteiger charge is 2.33. The summed E-state index contributed by atoms with van der Waals surface area (Å²) in [5, 5.41) is 9.46. The third-order valence-electron chi connectivity index (χ3n) is 3.83. The average molecular weight is 264 g/mol. The molecule has 2 nitrogen and oxygen atoms in total. The van der Waals surface area contributed by atoms with Crippen LogP contribution in [0.3, 0.4) is 0 Å². The van der Waals surface area contributed by atoms with E-state index < -0.39 is 17.2 Å². The van der Waals surface area contributed by atoms with Gasteiger partial charge in [0.1, 0.15) is 5.54 Å². The molecular formula is C15H18F2N2. The summed E-state index contributed by atoms with van der Waals surface area (Å²) in [5.74, 6) is -1.70. The van der Waals surface area contributed by atoms with Gasteiger partial charge in [0.2, 0.25) is 0 Å². The Morgan fingerprint density at radius 2 is 1.89 bits per heavy atom. The standard InChI is InChI=1S/C15H18F2N2/c1-15(11-18,19-7-3-2-4-8-19)10-12-5-6-13(16)14(17)9-12/h5-6,9H,2-4,7-8,10H2,1H3. The van der Waals surface area contributed by atoms with Crippen LogP contribution in [0, 0.1) is 23.0 Å². The molecule has 1 fully saturated rings. The molecule has 2 rings (SSSR count). The third-order valence-corrected chi connectivity index (χ3v) is 3.83. The SMILES string of the molecule is CC(C#N)(Cc1ccc(F)c(F)c1)N1CCCCC1. The lowest BCUT2D eigenvalue weighted by molar-refractivity contribution is 0.124. The second-order valence-electron chi connectivity index (χ2n) is 5.36. The van der Waals surface area contributed by atoms with Crippen LogP contribution in [0.1, 0.15) is 31.7 Å². The van der Waals surface area contributed by atoms with Crippen LogP contribution in [-0.4, -0.2) is 23.5 Å². The number of piperidine rings is 1. The van der Waals surface area contributed by atoms with Crippen molar-refractivity contribution in [3.05, 3.63) is 35.4 Å². The van der Waals surface area contributed by atoms with Crippen molar-refractivity contribution in [2.45, 2.75) is 38.1 Å². The number of nitriles is 1. The smallest absolute Gasteiger partial charge is 0.159 e. The molecule has 1 heterocycles. The summed E-state index contributed by atoms with van der Waals surface area (Å²) >= 11 is 0. The fraction of sp³-hybridized carbons (Fsp3) is 0.533. The Morgan fingerprint density at radius 1 is 1.21 bits per heavy atom. The molecule has 1 aromatic carbocycles. The fourth-order valence-electron chi connectivity index (χ4n) is 2.66. The van der Waals surface area contributed by atoms with Gasteiger partial charge >= 0.3 is 0 Å². The van der Waals surface area contributed by atoms with E-state index >= 15 is 0 Å². The highest BCUT2D eigenvalue weighted by molar-refractivity contribution is 5.23. The Balaban J connectivity index is 2.17. The predicted octanol–water partition coefficient (Wildman–Crippen LogP) is 3.28. The van der Waals surface area contributed by atoms with Crippen molar-refractivity contribution in [3.8, 4) is 6.07 Å². The molecule has 0 aliphatic carbocycles. The van der Waals surface area contributed by atoms with Crippen LogP contribution in [0.4, 0.5) is 8.78 Å². The molecule has 0 N–H and O–H groups in total. The van der Waals surface area contributed by atoms with Gasteiger partial charge < -0.3 is 0 Å². The summed E-state index contributed by atoms with van der Waals surface area (Å²) in [4.78, 5) is 2.15. The molecule has 1 aromatic rings. The van der Waals surface area contributed by atoms with Crippen molar-refractivity contribution in [1.29, 1.82) is 5.26 Å². The summed E-state index contributed by atoms with van der Waals surface area (Å²) in [6.07, 6.45) is 3.80. The van der Waals surface area contributed by atoms with Crippen LogP contribution in [0.5, 0.6) is 0 Å². The number of rotatable bonds is 3. The highest BCUT2D eigenvalue weighted by atomic mass is 19.2. The minimum Gasteiger partial charge on any atom is -0.285 e. The van der Waals surface area contributed by atoms with Gasteiger partial charge in [0.15, 0.2) is 11.6 Å². The first-order valence-electron chi connectivity index (χ1n) is 6.65. The lowest BCUT2D eigenvalue weighted by Crippen LogP contribution is -2.49. The summed E-state index contributed by atoms with van der Waals surface area (Å²) in [6.45, 7) is 3.67. The van der Waals surface area contributed by atoms with E-state index in [-0.39, 0.29) is 0 Å². The van der Waals surface area contributed by atoms with E-state index in [4.69, 9.17) is 0 Å². The monoisotopic (exact) mass is 264 g/mol. The molecule has 19 heavy (non-hydrogen) atoms. The molecule has 0 bridgehead atoms. The largest absolute Gasteiger partial charge is 0.285 e. The molecule has 0 saturated carbocycles. The number of hydrogen-bond donors (Lipinski definition) is 0. The van der Waals surface area contributed by atoms with Crippen LogP contribution in [-0.2, 0) is 6.42 Å². The second-order valence-corrected chi connectivity index (χ2v) is 5.36. The van der Waals surface area contributed by atoms with Crippen molar-refractivity contribution in [3.63, 3.8) is 0 Å². The fourth-order valence-corrected chi connectivity index (χ4v) is 2.66. The number of hydrogen-bond acceptors (Lipinski definition) is 2. The zero-order valence-electron chi connectivity index (χ0n) is 11.1. The van der Waals surface area contributed by atoms with Gasteiger partial charge in [0.05, 0.1) is 6.07 Å². The first-order valence-corrected chi connectivity index (χ1v) is 6.65. The first kappa shape index (κ1) is 14.0. The van der Waals surface area contributed by atoms with Gasteiger partial charge in [-0.15, -0.1) is 0 Å². The average Bonchev–Trinajstić information content (AvgIpc) is 2.44. The lowest BCUT2D eigenvalue weighted by atomic mass is 9.90. The van der Waals surface area contributed by atoms with Crippen molar-refractivity contribution in [1.82, 2.24) is 4.90 Å². The molecule has 0 aromatic heterocycles.